The van der Waals surface area contributed by atoms with Crippen LogP contribution < -0.4 is 10.6 Å². The lowest BCUT2D eigenvalue weighted by atomic mass is 9.94. The number of hydrogen-bond acceptors (Lipinski definition) is 4. The molecule has 2 heterocycles. The molecule has 5 nitrogen and oxygen atoms in total. The summed E-state index contributed by atoms with van der Waals surface area (Å²) in [6.07, 6.45) is 1.25. The van der Waals surface area contributed by atoms with Crippen molar-refractivity contribution in [3.8, 4) is 0 Å². The maximum absolute atomic E-state index is 12.1. The Morgan fingerprint density at radius 3 is 2.74 bits per heavy atom. The number of rotatable bonds is 2. The zero-order chi connectivity index (χ0) is 13.3. The molecule has 1 aromatic rings. The lowest BCUT2D eigenvalue weighted by Crippen LogP contribution is -2.40. The fourth-order valence-corrected chi connectivity index (χ4v) is 2.76. The highest BCUT2D eigenvalue weighted by atomic mass is 16.6. The molecule has 0 atom stereocenters. The van der Waals surface area contributed by atoms with Gasteiger partial charge in [-0.1, -0.05) is 18.2 Å². The predicted molar refractivity (Wildman–Crippen MR) is 70.9 cm³/mol. The van der Waals surface area contributed by atoms with Crippen LogP contribution >= 0.6 is 0 Å². The zero-order valence-electron chi connectivity index (χ0n) is 10.8. The average molecular weight is 262 g/mol. The monoisotopic (exact) mass is 262 g/mol. The Bertz CT molecular complexity index is 483. The molecule has 0 radical (unpaired) electrons. The molecule has 102 valence electrons. The summed E-state index contributed by atoms with van der Waals surface area (Å²) in [5, 5.41) is 0. The van der Waals surface area contributed by atoms with Gasteiger partial charge in [0.05, 0.1) is 25.4 Å². The highest BCUT2D eigenvalue weighted by Crippen LogP contribution is 2.36. The number of nitrogens with zero attached hydrogens (tertiary/aromatic N) is 1. The van der Waals surface area contributed by atoms with E-state index in [0.29, 0.717) is 26.3 Å². The Balaban J connectivity index is 1.87. The summed E-state index contributed by atoms with van der Waals surface area (Å²) in [5.41, 5.74) is 7.18. The van der Waals surface area contributed by atoms with Gasteiger partial charge in [0.15, 0.2) is 0 Å². The van der Waals surface area contributed by atoms with Crippen molar-refractivity contribution in [1.29, 1.82) is 0 Å². The topological polar surface area (TPSA) is 64.8 Å². The third-order valence-corrected chi connectivity index (χ3v) is 3.88. The lowest BCUT2D eigenvalue weighted by molar-refractivity contribution is -0.0431. The van der Waals surface area contributed by atoms with E-state index in [1.807, 2.05) is 24.3 Å². The van der Waals surface area contributed by atoms with E-state index in [1.165, 1.54) is 0 Å². The molecule has 1 amide bonds. The van der Waals surface area contributed by atoms with E-state index in [4.69, 9.17) is 15.2 Å². The number of nitrogens with two attached hydrogens (primary N) is 1. The number of carbonyl (C=O) groups is 1. The summed E-state index contributed by atoms with van der Waals surface area (Å²) >= 11 is 0. The summed E-state index contributed by atoms with van der Waals surface area (Å²) in [7, 11) is 0. The van der Waals surface area contributed by atoms with Crippen LogP contribution in [0.4, 0.5) is 10.5 Å². The molecule has 1 spiro atoms. The van der Waals surface area contributed by atoms with Gasteiger partial charge in [0.1, 0.15) is 5.60 Å². The minimum Gasteiger partial charge on any atom is -0.440 e. The van der Waals surface area contributed by atoms with Crippen LogP contribution in [0.15, 0.2) is 24.3 Å². The Morgan fingerprint density at radius 1 is 1.26 bits per heavy atom. The van der Waals surface area contributed by atoms with Crippen LogP contribution in [0.1, 0.15) is 18.4 Å². The van der Waals surface area contributed by atoms with Gasteiger partial charge in [0, 0.05) is 19.4 Å². The molecule has 0 saturated carbocycles. The Kier molecular flexibility index (Phi) is 3.16. The molecule has 5 heteroatoms. The standard InChI is InChI=1S/C14H18N2O3/c15-9-11-3-1-2-4-12(11)16-10-14(19-13(16)17)5-7-18-8-6-14/h1-4H,5-10,15H2. The largest absolute Gasteiger partial charge is 0.440 e. The first-order valence-electron chi connectivity index (χ1n) is 6.60. The van der Waals surface area contributed by atoms with E-state index in [-0.39, 0.29) is 11.7 Å². The van der Waals surface area contributed by atoms with E-state index < -0.39 is 0 Å². The van der Waals surface area contributed by atoms with E-state index in [0.717, 1.165) is 24.1 Å². The molecule has 3 rings (SSSR count). The van der Waals surface area contributed by atoms with Crippen molar-refractivity contribution in [2.45, 2.75) is 25.0 Å². The summed E-state index contributed by atoms with van der Waals surface area (Å²) in [6, 6.07) is 7.70. The van der Waals surface area contributed by atoms with Crippen molar-refractivity contribution < 1.29 is 14.3 Å². The molecule has 0 bridgehead atoms. The minimum absolute atomic E-state index is 0.275. The number of para-hydroxylation sites is 1. The highest BCUT2D eigenvalue weighted by molar-refractivity contribution is 5.91. The van der Waals surface area contributed by atoms with Gasteiger partial charge in [-0.3, -0.25) is 4.90 Å². The number of anilines is 1. The lowest BCUT2D eigenvalue weighted by Gasteiger charge is -2.30. The summed E-state index contributed by atoms with van der Waals surface area (Å²) in [5.74, 6) is 0. The molecular formula is C14H18N2O3. The molecular weight excluding hydrogens is 244 g/mol. The number of ether oxygens (including phenoxy) is 2. The number of benzene rings is 1. The summed E-state index contributed by atoms with van der Waals surface area (Å²) in [6.45, 7) is 2.31. The van der Waals surface area contributed by atoms with Crippen LogP contribution in [0.5, 0.6) is 0 Å². The third-order valence-electron chi connectivity index (χ3n) is 3.88. The quantitative estimate of drug-likeness (QED) is 0.880. The number of hydrogen-bond donors (Lipinski definition) is 1. The maximum atomic E-state index is 12.1. The van der Waals surface area contributed by atoms with Crippen molar-refractivity contribution in [3.63, 3.8) is 0 Å². The second kappa shape index (κ2) is 4.83. The average Bonchev–Trinajstić information content (AvgIpc) is 2.76. The second-order valence-corrected chi connectivity index (χ2v) is 5.08. The van der Waals surface area contributed by atoms with Crippen molar-refractivity contribution in [1.82, 2.24) is 0 Å². The van der Waals surface area contributed by atoms with Crippen molar-refractivity contribution in [2.75, 3.05) is 24.7 Å². The SMILES string of the molecule is NCc1ccccc1N1CC2(CCOCC2)OC1=O. The van der Waals surface area contributed by atoms with Gasteiger partial charge in [-0.25, -0.2) is 4.79 Å². The smallest absolute Gasteiger partial charge is 0.415 e. The Hall–Kier alpha value is -1.59. The summed E-state index contributed by atoms with van der Waals surface area (Å²) in [4.78, 5) is 13.8. The van der Waals surface area contributed by atoms with Gasteiger partial charge in [0.25, 0.3) is 0 Å². The Labute approximate surface area is 112 Å². The van der Waals surface area contributed by atoms with Crippen LogP contribution in [0.3, 0.4) is 0 Å². The van der Waals surface area contributed by atoms with E-state index in [2.05, 4.69) is 0 Å². The maximum Gasteiger partial charge on any atom is 0.415 e. The van der Waals surface area contributed by atoms with Crippen LogP contribution in [0.25, 0.3) is 0 Å². The van der Waals surface area contributed by atoms with Gasteiger partial charge >= 0.3 is 6.09 Å². The molecule has 2 aliphatic rings. The summed E-state index contributed by atoms with van der Waals surface area (Å²) < 4.78 is 11.0. The van der Waals surface area contributed by atoms with Crippen LogP contribution in [-0.4, -0.2) is 31.5 Å². The Morgan fingerprint density at radius 2 is 2.00 bits per heavy atom. The van der Waals surface area contributed by atoms with E-state index in [1.54, 1.807) is 4.90 Å². The van der Waals surface area contributed by atoms with Crippen LogP contribution in [-0.2, 0) is 16.0 Å². The van der Waals surface area contributed by atoms with Gasteiger partial charge < -0.3 is 15.2 Å². The van der Waals surface area contributed by atoms with E-state index >= 15 is 0 Å². The normalized spacial score (nSPS) is 21.7. The molecule has 2 saturated heterocycles. The minimum atomic E-state index is -0.378. The number of amides is 1. The van der Waals surface area contributed by atoms with E-state index in [9.17, 15) is 4.79 Å². The molecule has 0 unspecified atom stereocenters. The third kappa shape index (κ3) is 2.19. The first kappa shape index (κ1) is 12.4. The fraction of sp³-hybridized carbons (Fsp3) is 0.500. The first-order chi connectivity index (χ1) is 9.24. The molecule has 1 aromatic carbocycles. The zero-order valence-corrected chi connectivity index (χ0v) is 10.8. The highest BCUT2D eigenvalue weighted by Gasteiger charge is 2.46. The molecule has 19 heavy (non-hydrogen) atoms. The predicted octanol–water partition coefficient (Wildman–Crippen LogP) is 1.65. The fourth-order valence-electron chi connectivity index (χ4n) is 2.76. The number of carbonyl (C=O) groups excluding carboxylic acids is 1. The molecule has 2 N–H and O–H groups in total. The molecule has 0 aromatic heterocycles. The first-order valence-corrected chi connectivity index (χ1v) is 6.60. The van der Waals surface area contributed by atoms with Crippen molar-refractivity contribution >= 4 is 11.8 Å². The van der Waals surface area contributed by atoms with Crippen molar-refractivity contribution in [3.05, 3.63) is 29.8 Å². The van der Waals surface area contributed by atoms with Crippen LogP contribution in [0.2, 0.25) is 0 Å². The molecule has 2 fully saturated rings. The second-order valence-electron chi connectivity index (χ2n) is 5.08. The van der Waals surface area contributed by atoms with Gasteiger partial charge in [0.2, 0.25) is 0 Å². The van der Waals surface area contributed by atoms with Gasteiger partial charge in [-0.05, 0) is 11.6 Å². The van der Waals surface area contributed by atoms with Crippen LogP contribution in [0, 0.1) is 0 Å². The van der Waals surface area contributed by atoms with Gasteiger partial charge in [-0.15, -0.1) is 0 Å². The van der Waals surface area contributed by atoms with Crippen molar-refractivity contribution in [2.24, 2.45) is 5.73 Å². The van der Waals surface area contributed by atoms with Gasteiger partial charge in [-0.2, -0.15) is 0 Å². The molecule has 2 aliphatic heterocycles. The molecule has 0 aliphatic carbocycles.